The predicted octanol–water partition coefficient (Wildman–Crippen LogP) is 0.937. The number of nitrogens with one attached hydrogen (secondary N) is 2. The van der Waals surface area contributed by atoms with Gasteiger partial charge in [-0.05, 0) is 19.3 Å². The van der Waals surface area contributed by atoms with Crippen LogP contribution in [0, 0.1) is 11.3 Å². The molecule has 4 heteroatoms. The minimum Gasteiger partial charge on any atom is -0.353 e. The normalized spacial score (nSPS) is 16.8. The van der Waals surface area contributed by atoms with Gasteiger partial charge in [0.25, 0.3) is 0 Å². The molecule has 0 aromatic heterocycles. The first-order valence-corrected chi connectivity index (χ1v) is 5.66. The second-order valence-electron chi connectivity index (χ2n) is 4.01. The Morgan fingerprint density at radius 1 is 1.60 bits per heavy atom. The zero-order chi connectivity index (χ0) is 11.1. The maximum atomic E-state index is 11.3. The van der Waals surface area contributed by atoms with Gasteiger partial charge < -0.3 is 10.6 Å². The van der Waals surface area contributed by atoms with Gasteiger partial charge in [-0.3, -0.25) is 4.79 Å². The molecular weight excluding hydrogens is 190 g/mol. The molecule has 1 aliphatic carbocycles. The topological polar surface area (TPSA) is 64.9 Å². The standard InChI is InChI=1S/C11H19N3O/c1-2-9(5-7-12)13-8-6-11(15)14-10-3-4-10/h9-10,13H,2-6,8H2,1H3,(H,14,15). The van der Waals surface area contributed by atoms with Crippen LogP contribution in [0.1, 0.15) is 39.0 Å². The van der Waals surface area contributed by atoms with Crippen molar-refractivity contribution in [2.75, 3.05) is 6.54 Å². The molecule has 1 aliphatic rings. The fraction of sp³-hybridized carbons (Fsp3) is 0.818. The first-order valence-electron chi connectivity index (χ1n) is 5.66. The maximum absolute atomic E-state index is 11.3. The molecule has 1 saturated carbocycles. The van der Waals surface area contributed by atoms with Crippen molar-refractivity contribution < 1.29 is 4.79 Å². The zero-order valence-electron chi connectivity index (χ0n) is 9.25. The van der Waals surface area contributed by atoms with Gasteiger partial charge in [0.2, 0.25) is 5.91 Å². The minimum atomic E-state index is 0.122. The first-order chi connectivity index (χ1) is 7.26. The lowest BCUT2D eigenvalue weighted by Crippen LogP contribution is -2.33. The van der Waals surface area contributed by atoms with Crippen molar-refractivity contribution in [3.63, 3.8) is 0 Å². The molecule has 15 heavy (non-hydrogen) atoms. The summed E-state index contributed by atoms with van der Waals surface area (Å²) >= 11 is 0. The van der Waals surface area contributed by atoms with Crippen LogP contribution in [0.4, 0.5) is 0 Å². The molecule has 1 atom stereocenters. The molecule has 84 valence electrons. The Hall–Kier alpha value is -1.08. The van der Waals surface area contributed by atoms with Gasteiger partial charge in [0, 0.05) is 25.0 Å². The molecule has 0 aromatic rings. The van der Waals surface area contributed by atoms with Crippen LogP contribution in [0.15, 0.2) is 0 Å². The molecule has 1 fully saturated rings. The maximum Gasteiger partial charge on any atom is 0.221 e. The Labute approximate surface area is 91.0 Å². The van der Waals surface area contributed by atoms with E-state index in [-0.39, 0.29) is 11.9 Å². The van der Waals surface area contributed by atoms with E-state index in [1.165, 1.54) is 0 Å². The summed E-state index contributed by atoms with van der Waals surface area (Å²) in [5.74, 6) is 0.122. The van der Waals surface area contributed by atoms with Crippen molar-refractivity contribution in [1.82, 2.24) is 10.6 Å². The number of nitriles is 1. The third-order valence-electron chi connectivity index (χ3n) is 2.56. The monoisotopic (exact) mass is 209 g/mol. The van der Waals surface area contributed by atoms with Crippen LogP contribution in [-0.4, -0.2) is 24.5 Å². The van der Waals surface area contributed by atoms with Gasteiger partial charge in [-0.1, -0.05) is 6.92 Å². The Morgan fingerprint density at radius 2 is 2.33 bits per heavy atom. The molecule has 0 saturated heterocycles. The van der Waals surface area contributed by atoms with E-state index in [1.54, 1.807) is 0 Å². The van der Waals surface area contributed by atoms with Gasteiger partial charge in [-0.25, -0.2) is 0 Å². The lowest BCUT2D eigenvalue weighted by Gasteiger charge is -2.12. The highest BCUT2D eigenvalue weighted by atomic mass is 16.1. The smallest absolute Gasteiger partial charge is 0.221 e. The summed E-state index contributed by atoms with van der Waals surface area (Å²) in [6.45, 7) is 2.71. The largest absolute Gasteiger partial charge is 0.353 e. The Morgan fingerprint density at radius 3 is 2.87 bits per heavy atom. The van der Waals surface area contributed by atoms with Gasteiger partial charge in [0.05, 0.1) is 12.5 Å². The third kappa shape index (κ3) is 5.38. The summed E-state index contributed by atoms with van der Waals surface area (Å²) in [4.78, 5) is 11.3. The van der Waals surface area contributed by atoms with Crippen molar-refractivity contribution in [2.24, 2.45) is 0 Å². The van der Waals surface area contributed by atoms with Crippen molar-refractivity contribution in [3.8, 4) is 6.07 Å². The van der Waals surface area contributed by atoms with E-state index < -0.39 is 0 Å². The minimum absolute atomic E-state index is 0.122. The molecule has 1 amide bonds. The number of hydrogen-bond acceptors (Lipinski definition) is 3. The van der Waals surface area contributed by atoms with E-state index >= 15 is 0 Å². The number of amides is 1. The Balaban J connectivity index is 2.03. The quantitative estimate of drug-likeness (QED) is 0.655. The van der Waals surface area contributed by atoms with Crippen molar-refractivity contribution >= 4 is 5.91 Å². The molecular formula is C11H19N3O. The van der Waals surface area contributed by atoms with Crippen molar-refractivity contribution in [3.05, 3.63) is 0 Å². The van der Waals surface area contributed by atoms with E-state index in [0.29, 0.717) is 25.4 Å². The number of hydrogen-bond donors (Lipinski definition) is 2. The zero-order valence-corrected chi connectivity index (χ0v) is 9.25. The van der Waals surface area contributed by atoms with E-state index in [9.17, 15) is 4.79 Å². The van der Waals surface area contributed by atoms with Crippen LogP contribution in [-0.2, 0) is 4.79 Å². The summed E-state index contributed by atoms with van der Waals surface area (Å²) in [7, 11) is 0. The summed E-state index contributed by atoms with van der Waals surface area (Å²) in [5.41, 5.74) is 0. The van der Waals surface area contributed by atoms with Crippen molar-refractivity contribution in [2.45, 2.75) is 51.1 Å². The highest BCUT2D eigenvalue weighted by Crippen LogP contribution is 2.18. The molecule has 0 aromatic carbocycles. The summed E-state index contributed by atoms with van der Waals surface area (Å²) in [6.07, 6.45) is 4.22. The fourth-order valence-corrected chi connectivity index (χ4v) is 1.39. The fourth-order valence-electron chi connectivity index (χ4n) is 1.39. The van der Waals surface area contributed by atoms with Crippen molar-refractivity contribution in [1.29, 1.82) is 5.26 Å². The van der Waals surface area contributed by atoms with Gasteiger partial charge >= 0.3 is 0 Å². The molecule has 2 N–H and O–H groups in total. The first kappa shape index (κ1) is 12.0. The summed E-state index contributed by atoms with van der Waals surface area (Å²) in [5, 5.41) is 14.7. The average Bonchev–Trinajstić information content (AvgIpc) is 3.00. The number of carbonyl (C=O) groups is 1. The molecule has 0 aliphatic heterocycles. The van der Waals surface area contributed by atoms with Crippen LogP contribution in [0.3, 0.4) is 0 Å². The van der Waals surface area contributed by atoms with Crippen LogP contribution < -0.4 is 10.6 Å². The van der Waals surface area contributed by atoms with E-state index in [2.05, 4.69) is 16.7 Å². The molecule has 1 rings (SSSR count). The van der Waals surface area contributed by atoms with E-state index in [4.69, 9.17) is 5.26 Å². The number of rotatable bonds is 7. The van der Waals surface area contributed by atoms with Crippen LogP contribution in [0.2, 0.25) is 0 Å². The van der Waals surface area contributed by atoms with Crippen LogP contribution in [0.25, 0.3) is 0 Å². The lowest BCUT2D eigenvalue weighted by molar-refractivity contribution is -0.121. The van der Waals surface area contributed by atoms with E-state index in [1.807, 2.05) is 6.92 Å². The molecule has 4 nitrogen and oxygen atoms in total. The van der Waals surface area contributed by atoms with Crippen LogP contribution >= 0.6 is 0 Å². The summed E-state index contributed by atoms with van der Waals surface area (Å²) in [6, 6.07) is 2.80. The molecule has 0 radical (unpaired) electrons. The lowest BCUT2D eigenvalue weighted by atomic mass is 10.1. The van der Waals surface area contributed by atoms with Gasteiger partial charge in [0.1, 0.15) is 0 Å². The average molecular weight is 209 g/mol. The molecule has 0 spiro atoms. The highest BCUT2D eigenvalue weighted by Gasteiger charge is 2.22. The predicted molar refractivity (Wildman–Crippen MR) is 58.1 cm³/mol. The number of carbonyl (C=O) groups excluding carboxylic acids is 1. The van der Waals surface area contributed by atoms with E-state index in [0.717, 1.165) is 19.3 Å². The third-order valence-corrected chi connectivity index (χ3v) is 2.56. The second-order valence-corrected chi connectivity index (χ2v) is 4.01. The second kappa shape index (κ2) is 6.41. The number of nitrogens with zero attached hydrogens (tertiary/aromatic N) is 1. The molecule has 0 bridgehead atoms. The molecule has 0 heterocycles. The Bertz CT molecular complexity index is 243. The van der Waals surface area contributed by atoms with Gasteiger partial charge in [0.15, 0.2) is 0 Å². The van der Waals surface area contributed by atoms with Crippen LogP contribution in [0.5, 0.6) is 0 Å². The SMILES string of the molecule is CCC(CC#N)NCCC(=O)NC1CC1. The van der Waals surface area contributed by atoms with Gasteiger partial charge in [-0.2, -0.15) is 5.26 Å². The summed E-state index contributed by atoms with van der Waals surface area (Å²) < 4.78 is 0. The highest BCUT2D eigenvalue weighted by molar-refractivity contribution is 5.76. The Kier molecular flexibility index (Phi) is 5.13. The molecule has 1 unspecified atom stereocenters. The van der Waals surface area contributed by atoms with Gasteiger partial charge in [-0.15, -0.1) is 0 Å².